The molecule has 2 aromatic carbocycles. The van der Waals surface area contributed by atoms with Crippen LogP contribution in [0.3, 0.4) is 0 Å². The Balaban J connectivity index is 1.51. The third-order valence-corrected chi connectivity index (χ3v) is 7.65. The summed E-state index contributed by atoms with van der Waals surface area (Å²) in [4.78, 5) is 9.27. The molecule has 4 rings (SSSR count). The molecule has 0 atom stereocenters. The number of thiazole rings is 1. The van der Waals surface area contributed by atoms with Crippen LogP contribution >= 0.6 is 23.1 Å². The van der Waals surface area contributed by atoms with E-state index < -0.39 is 10.0 Å². The van der Waals surface area contributed by atoms with Gasteiger partial charge in [-0.2, -0.15) is 0 Å². The molecule has 2 aromatic heterocycles. The van der Waals surface area contributed by atoms with Crippen molar-refractivity contribution >= 4 is 44.2 Å². The Kier molecular flexibility index (Phi) is 5.24. The van der Waals surface area contributed by atoms with Gasteiger partial charge in [0.05, 0.1) is 10.6 Å². The second-order valence-corrected chi connectivity index (χ2v) is 10.1. The lowest BCUT2D eigenvalue weighted by atomic mass is 10.2. The average molecular weight is 432 g/mol. The van der Waals surface area contributed by atoms with E-state index in [9.17, 15) is 8.42 Å². The molecule has 0 bridgehead atoms. The molecule has 0 aliphatic rings. The molecule has 144 valence electrons. The van der Waals surface area contributed by atoms with Gasteiger partial charge in [-0.15, -0.1) is 11.3 Å². The highest BCUT2D eigenvalue weighted by molar-refractivity contribution is 7.98. The second kappa shape index (κ2) is 7.67. The number of hydrogen-bond donors (Lipinski definition) is 0. The second-order valence-electron chi connectivity index (χ2n) is 6.20. The number of fused-ring (bicyclic) bond motifs is 1. The van der Waals surface area contributed by atoms with Crippen LogP contribution < -0.4 is 0 Å². The quantitative estimate of drug-likeness (QED) is 0.419. The predicted molar refractivity (Wildman–Crippen MR) is 112 cm³/mol. The van der Waals surface area contributed by atoms with Gasteiger partial charge in [0.1, 0.15) is 10.5 Å². The fourth-order valence-corrected chi connectivity index (χ4v) is 5.13. The van der Waals surface area contributed by atoms with Gasteiger partial charge in [0.2, 0.25) is 10.0 Å². The third kappa shape index (κ3) is 3.83. The molecule has 0 saturated heterocycles. The number of aromatic nitrogens is 2. The van der Waals surface area contributed by atoms with E-state index in [0.717, 1.165) is 16.3 Å². The monoisotopic (exact) mass is 431 g/mol. The van der Waals surface area contributed by atoms with Crippen LogP contribution in [-0.4, -0.2) is 36.8 Å². The van der Waals surface area contributed by atoms with Crippen molar-refractivity contribution in [3.8, 4) is 10.6 Å². The normalized spacial score (nSPS) is 12.1. The minimum Gasteiger partial charge on any atom is -0.431 e. The molecule has 0 aliphatic carbocycles. The van der Waals surface area contributed by atoms with E-state index >= 15 is 0 Å². The molecule has 0 amide bonds. The van der Waals surface area contributed by atoms with Crippen LogP contribution in [0.15, 0.2) is 68.4 Å². The fraction of sp³-hybridized carbons (Fsp3) is 0.158. The molecule has 9 heteroatoms. The maximum atomic E-state index is 12.3. The maximum absolute atomic E-state index is 12.3. The number of hydrogen-bond acceptors (Lipinski definition) is 7. The van der Waals surface area contributed by atoms with Gasteiger partial charge < -0.3 is 4.42 Å². The lowest BCUT2D eigenvalue weighted by Crippen LogP contribution is -2.22. The van der Waals surface area contributed by atoms with Crippen LogP contribution in [0.2, 0.25) is 0 Å². The number of rotatable bonds is 6. The summed E-state index contributed by atoms with van der Waals surface area (Å²) in [6.07, 6.45) is 0. The molecule has 0 saturated carbocycles. The number of sulfonamides is 1. The number of thioether (sulfide) groups is 1. The van der Waals surface area contributed by atoms with Crippen molar-refractivity contribution in [2.24, 2.45) is 0 Å². The predicted octanol–water partition coefficient (Wildman–Crippen LogP) is 4.49. The Morgan fingerprint density at radius 2 is 1.89 bits per heavy atom. The van der Waals surface area contributed by atoms with E-state index in [-0.39, 0.29) is 4.90 Å². The van der Waals surface area contributed by atoms with Crippen LogP contribution in [0.1, 0.15) is 5.69 Å². The van der Waals surface area contributed by atoms with E-state index in [4.69, 9.17) is 4.42 Å². The molecule has 0 N–H and O–H groups in total. The highest BCUT2D eigenvalue weighted by Gasteiger charge is 2.19. The van der Waals surface area contributed by atoms with Crippen molar-refractivity contribution in [2.75, 3.05) is 14.1 Å². The van der Waals surface area contributed by atoms with Gasteiger partial charge in [-0.05, 0) is 18.2 Å². The highest BCUT2D eigenvalue weighted by Crippen LogP contribution is 2.30. The molecule has 0 aliphatic heterocycles. The highest BCUT2D eigenvalue weighted by atomic mass is 32.2. The lowest BCUT2D eigenvalue weighted by Gasteiger charge is -2.10. The molecule has 2 heterocycles. The van der Waals surface area contributed by atoms with Crippen molar-refractivity contribution in [2.45, 2.75) is 15.9 Å². The van der Waals surface area contributed by atoms with Gasteiger partial charge in [-0.1, -0.05) is 42.1 Å². The minimum absolute atomic E-state index is 0.196. The standard InChI is InChI=1S/C19H17N3O3S3/c1-22(2)28(23,24)15-8-9-17-16(10-15)21-19(25-17)27-12-14-11-26-18(20-14)13-6-4-3-5-7-13/h3-11H,12H2,1-2H3. The zero-order valence-corrected chi connectivity index (χ0v) is 17.6. The van der Waals surface area contributed by atoms with Crippen LogP contribution in [0.5, 0.6) is 0 Å². The van der Waals surface area contributed by atoms with Gasteiger partial charge in [0.25, 0.3) is 5.22 Å². The summed E-state index contributed by atoms with van der Waals surface area (Å²) in [7, 11) is -0.499. The first-order valence-electron chi connectivity index (χ1n) is 8.39. The minimum atomic E-state index is -3.50. The smallest absolute Gasteiger partial charge is 0.257 e. The maximum Gasteiger partial charge on any atom is 0.257 e. The molecular weight excluding hydrogens is 414 g/mol. The first-order chi connectivity index (χ1) is 13.4. The zero-order valence-electron chi connectivity index (χ0n) is 15.2. The summed E-state index contributed by atoms with van der Waals surface area (Å²) in [6.45, 7) is 0. The Bertz CT molecular complexity index is 1210. The summed E-state index contributed by atoms with van der Waals surface area (Å²) in [5.41, 5.74) is 3.13. The van der Waals surface area contributed by atoms with Crippen molar-refractivity contribution < 1.29 is 12.8 Å². The van der Waals surface area contributed by atoms with E-state index in [0.29, 0.717) is 22.1 Å². The number of oxazole rings is 1. The summed E-state index contributed by atoms with van der Waals surface area (Å²) < 4.78 is 31.4. The van der Waals surface area contributed by atoms with Crippen LogP contribution in [0.4, 0.5) is 0 Å². The third-order valence-electron chi connectivity index (χ3n) is 4.03. The van der Waals surface area contributed by atoms with Gasteiger partial charge in [0, 0.05) is 30.8 Å². The zero-order chi connectivity index (χ0) is 19.7. The molecule has 28 heavy (non-hydrogen) atoms. The fourth-order valence-electron chi connectivity index (χ4n) is 2.54. The summed E-state index contributed by atoms with van der Waals surface area (Å²) in [6, 6.07) is 14.8. The van der Waals surface area contributed by atoms with Gasteiger partial charge in [-0.3, -0.25) is 0 Å². The SMILES string of the molecule is CN(C)S(=O)(=O)c1ccc2oc(SCc3csc(-c4ccccc4)n3)nc2c1. The summed E-state index contributed by atoms with van der Waals surface area (Å²) in [5, 5.41) is 3.50. The van der Waals surface area contributed by atoms with E-state index in [1.54, 1.807) is 17.4 Å². The number of nitrogens with zero attached hydrogens (tertiary/aromatic N) is 3. The Morgan fingerprint density at radius 1 is 1.11 bits per heavy atom. The molecule has 0 unspecified atom stereocenters. The molecule has 4 aromatic rings. The molecule has 0 fully saturated rings. The van der Waals surface area contributed by atoms with E-state index in [2.05, 4.69) is 9.97 Å². The molecular formula is C19H17N3O3S3. The van der Waals surface area contributed by atoms with Crippen LogP contribution in [0, 0.1) is 0 Å². The Morgan fingerprint density at radius 3 is 2.64 bits per heavy atom. The number of benzene rings is 2. The summed E-state index contributed by atoms with van der Waals surface area (Å²) >= 11 is 3.04. The first-order valence-corrected chi connectivity index (χ1v) is 11.7. The Labute approximate surface area is 171 Å². The largest absolute Gasteiger partial charge is 0.431 e. The molecule has 6 nitrogen and oxygen atoms in total. The van der Waals surface area contributed by atoms with Gasteiger partial charge >= 0.3 is 0 Å². The van der Waals surface area contributed by atoms with Gasteiger partial charge in [-0.25, -0.2) is 22.7 Å². The van der Waals surface area contributed by atoms with Crippen molar-refractivity contribution in [3.05, 3.63) is 59.6 Å². The van der Waals surface area contributed by atoms with Crippen LogP contribution in [-0.2, 0) is 15.8 Å². The molecule has 0 spiro atoms. The van der Waals surface area contributed by atoms with Crippen molar-refractivity contribution in [1.82, 2.24) is 14.3 Å². The van der Waals surface area contributed by atoms with Crippen molar-refractivity contribution in [3.63, 3.8) is 0 Å². The lowest BCUT2D eigenvalue weighted by molar-refractivity contribution is 0.489. The first kappa shape index (κ1) is 19.1. The van der Waals surface area contributed by atoms with Gasteiger partial charge in [0.15, 0.2) is 5.58 Å². The molecule has 0 radical (unpaired) electrons. The van der Waals surface area contributed by atoms with Crippen LogP contribution in [0.25, 0.3) is 21.7 Å². The van der Waals surface area contributed by atoms with Crippen molar-refractivity contribution in [1.29, 1.82) is 0 Å². The van der Waals surface area contributed by atoms with E-state index in [1.165, 1.54) is 42.3 Å². The summed E-state index contributed by atoms with van der Waals surface area (Å²) in [5.74, 6) is 0.624. The van der Waals surface area contributed by atoms with E-state index in [1.807, 2.05) is 35.7 Å². The topological polar surface area (TPSA) is 76.3 Å². The Hall–Kier alpha value is -2.20. The average Bonchev–Trinajstić information content (AvgIpc) is 3.33.